The number of ether oxygens (including phenoxy) is 1. The molecule has 19 heavy (non-hydrogen) atoms. The monoisotopic (exact) mass is 255 g/mol. The van der Waals surface area contributed by atoms with Gasteiger partial charge in [-0.3, -0.25) is 5.10 Å². The van der Waals surface area contributed by atoms with Crippen molar-refractivity contribution in [3.63, 3.8) is 0 Å². The summed E-state index contributed by atoms with van der Waals surface area (Å²) in [5.74, 6) is 1.37. The average Bonchev–Trinajstić information content (AvgIpc) is 2.94. The number of nitrogens with one attached hydrogen (secondary N) is 2. The summed E-state index contributed by atoms with van der Waals surface area (Å²) in [6.45, 7) is 0. The molecule has 6 nitrogen and oxygen atoms in total. The van der Waals surface area contributed by atoms with Crippen LogP contribution in [-0.2, 0) is 0 Å². The smallest absolute Gasteiger partial charge is 0.225 e. The Bertz CT molecular complexity index is 705. The third-order valence-corrected chi connectivity index (χ3v) is 2.90. The molecule has 1 aromatic carbocycles. The van der Waals surface area contributed by atoms with E-state index in [-0.39, 0.29) is 0 Å². The quantitative estimate of drug-likeness (QED) is 0.749. The molecule has 0 aliphatic carbocycles. The minimum absolute atomic E-state index is 0.558. The van der Waals surface area contributed by atoms with Crippen molar-refractivity contribution in [2.24, 2.45) is 0 Å². The maximum absolute atomic E-state index is 5.16. The van der Waals surface area contributed by atoms with Crippen molar-refractivity contribution in [1.29, 1.82) is 0 Å². The molecule has 2 heterocycles. The van der Waals surface area contributed by atoms with Crippen LogP contribution in [0.4, 0.5) is 5.95 Å². The lowest BCUT2D eigenvalue weighted by Crippen LogP contribution is -1.98. The van der Waals surface area contributed by atoms with Crippen LogP contribution >= 0.6 is 0 Å². The highest BCUT2D eigenvalue weighted by atomic mass is 16.5. The molecule has 0 unspecified atom stereocenters. The molecule has 0 saturated heterocycles. The summed E-state index contributed by atoms with van der Waals surface area (Å²) in [7, 11) is 3.43. The van der Waals surface area contributed by atoms with E-state index in [0.717, 1.165) is 22.4 Å². The number of aromatic amines is 1. The van der Waals surface area contributed by atoms with E-state index in [0.29, 0.717) is 11.6 Å². The van der Waals surface area contributed by atoms with E-state index < -0.39 is 0 Å². The van der Waals surface area contributed by atoms with Crippen LogP contribution in [0.25, 0.3) is 22.3 Å². The Morgan fingerprint density at radius 2 is 1.95 bits per heavy atom. The molecular formula is C13H13N5O. The number of H-pyrrole nitrogens is 1. The molecule has 3 rings (SSSR count). The second kappa shape index (κ2) is 4.56. The van der Waals surface area contributed by atoms with E-state index in [4.69, 9.17) is 4.74 Å². The molecule has 3 aromatic rings. The Hall–Kier alpha value is -2.63. The number of benzene rings is 1. The third kappa shape index (κ3) is 1.97. The van der Waals surface area contributed by atoms with E-state index in [1.54, 1.807) is 20.4 Å². The highest BCUT2D eigenvalue weighted by Crippen LogP contribution is 2.27. The van der Waals surface area contributed by atoms with Crippen LogP contribution in [0.15, 0.2) is 30.5 Å². The first-order chi connectivity index (χ1) is 9.31. The fraction of sp³-hybridized carbons (Fsp3) is 0.154. The minimum atomic E-state index is 0.558. The maximum Gasteiger partial charge on any atom is 0.225 e. The van der Waals surface area contributed by atoms with Gasteiger partial charge in [0.2, 0.25) is 5.95 Å². The number of hydrogen-bond donors (Lipinski definition) is 2. The van der Waals surface area contributed by atoms with Crippen LogP contribution in [0.5, 0.6) is 5.75 Å². The first-order valence-electron chi connectivity index (χ1n) is 5.85. The van der Waals surface area contributed by atoms with Crippen LogP contribution in [0.1, 0.15) is 0 Å². The number of nitrogens with zero attached hydrogens (tertiary/aromatic N) is 3. The Labute approximate surface area is 109 Å². The van der Waals surface area contributed by atoms with Crippen molar-refractivity contribution >= 4 is 17.0 Å². The van der Waals surface area contributed by atoms with Gasteiger partial charge in [0.1, 0.15) is 5.75 Å². The molecule has 0 atom stereocenters. The standard InChI is InChI=1S/C13H13N5O/c1-14-13-16-11(10-7-15-18-12(10)17-13)8-3-5-9(19-2)6-4-8/h3-7H,1-2H3,(H2,14,15,16,17,18). The van der Waals surface area contributed by atoms with Crippen molar-refractivity contribution < 1.29 is 4.74 Å². The van der Waals surface area contributed by atoms with Gasteiger partial charge in [0.25, 0.3) is 0 Å². The lowest BCUT2D eigenvalue weighted by Gasteiger charge is -2.06. The average molecular weight is 255 g/mol. The lowest BCUT2D eigenvalue weighted by atomic mass is 10.1. The summed E-state index contributed by atoms with van der Waals surface area (Å²) in [6.07, 6.45) is 1.73. The molecule has 0 aliphatic rings. The maximum atomic E-state index is 5.16. The van der Waals surface area contributed by atoms with Crippen LogP contribution in [0.3, 0.4) is 0 Å². The Morgan fingerprint density at radius 1 is 1.16 bits per heavy atom. The zero-order valence-corrected chi connectivity index (χ0v) is 10.6. The fourth-order valence-corrected chi connectivity index (χ4v) is 1.92. The van der Waals surface area contributed by atoms with Crippen molar-refractivity contribution in [3.8, 4) is 17.0 Å². The summed E-state index contributed by atoms with van der Waals surface area (Å²) in [5.41, 5.74) is 2.54. The fourth-order valence-electron chi connectivity index (χ4n) is 1.92. The second-order valence-corrected chi connectivity index (χ2v) is 4.01. The highest BCUT2D eigenvalue weighted by Gasteiger charge is 2.10. The predicted octanol–water partition coefficient (Wildman–Crippen LogP) is 2.07. The first-order valence-corrected chi connectivity index (χ1v) is 5.85. The topological polar surface area (TPSA) is 75.7 Å². The minimum Gasteiger partial charge on any atom is -0.497 e. The summed E-state index contributed by atoms with van der Waals surface area (Å²) in [4.78, 5) is 8.80. The predicted molar refractivity (Wildman–Crippen MR) is 73.2 cm³/mol. The van der Waals surface area contributed by atoms with Gasteiger partial charge >= 0.3 is 0 Å². The van der Waals surface area contributed by atoms with Gasteiger partial charge in [-0.15, -0.1) is 0 Å². The third-order valence-electron chi connectivity index (χ3n) is 2.90. The van der Waals surface area contributed by atoms with Crippen LogP contribution in [-0.4, -0.2) is 34.3 Å². The Morgan fingerprint density at radius 3 is 2.63 bits per heavy atom. The molecule has 0 saturated carbocycles. The van der Waals surface area contributed by atoms with E-state index in [1.807, 2.05) is 24.3 Å². The summed E-state index contributed by atoms with van der Waals surface area (Å²) < 4.78 is 5.16. The molecule has 0 aliphatic heterocycles. The SMILES string of the molecule is CNc1nc(-c2ccc(OC)cc2)c2cn[nH]c2n1. The second-order valence-electron chi connectivity index (χ2n) is 4.01. The zero-order valence-electron chi connectivity index (χ0n) is 10.6. The summed E-state index contributed by atoms with van der Waals surface area (Å²) >= 11 is 0. The lowest BCUT2D eigenvalue weighted by molar-refractivity contribution is 0.415. The summed E-state index contributed by atoms with van der Waals surface area (Å²) in [5, 5.41) is 10.7. The number of methoxy groups -OCH3 is 1. The number of fused-ring (bicyclic) bond motifs is 1. The molecule has 0 amide bonds. The molecule has 6 heteroatoms. The number of aromatic nitrogens is 4. The van der Waals surface area contributed by atoms with E-state index in [9.17, 15) is 0 Å². The Balaban J connectivity index is 2.18. The number of anilines is 1. The van der Waals surface area contributed by atoms with Crippen molar-refractivity contribution in [1.82, 2.24) is 20.2 Å². The van der Waals surface area contributed by atoms with Crippen molar-refractivity contribution in [3.05, 3.63) is 30.5 Å². The molecular weight excluding hydrogens is 242 g/mol. The van der Waals surface area contributed by atoms with Gasteiger partial charge in [-0.05, 0) is 24.3 Å². The number of rotatable bonds is 3. The molecule has 0 fully saturated rings. The molecule has 0 radical (unpaired) electrons. The van der Waals surface area contributed by atoms with Crippen molar-refractivity contribution in [2.75, 3.05) is 19.5 Å². The normalized spacial score (nSPS) is 10.6. The van der Waals surface area contributed by atoms with E-state index in [2.05, 4.69) is 25.5 Å². The number of hydrogen-bond acceptors (Lipinski definition) is 5. The largest absolute Gasteiger partial charge is 0.497 e. The van der Waals surface area contributed by atoms with Gasteiger partial charge in [-0.2, -0.15) is 10.1 Å². The van der Waals surface area contributed by atoms with E-state index >= 15 is 0 Å². The molecule has 96 valence electrons. The van der Waals surface area contributed by atoms with Gasteiger partial charge in [-0.1, -0.05) is 0 Å². The van der Waals surface area contributed by atoms with Crippen LogP contribution in [0.2, 0.25) is 0 Å². The van der Waals surface area contributed by atoms with Gasteiger partial charge < -0.3 is 10.1 Å². The first kappa shape index (κ1) is 11.5. The van der Waals surface area contributed by atoms with E-state index in [1.165, 1.54) is 0 Å². The van der Waals surface area contributed by atoms with Crippen LogP contribution in [0, 0.1) is 0 Å². The van der Waals surface area contributed by atoms with Gasteiger partial charge in [0.15, 0.2) is 5.65 Å². The summed E-state index contributed by atoms with van der Waals surface area (Å²) in [6, 6.07) is 7.74. The zero-order chi connectivity index (χ0) is 13.2. The van der Waals surface area contributed by atoms with Gasteiger partial charge in [-0.25, -0.2) is 4.98 Å². The molecule has 2 N–H and O–H groups in total. The van der Waals surface area contributed by atoms with Gasteiger partial charge in [0.05, 0.1) is 24.4 Å². The molecule has 2 aromatic heterocycles. The van der Waals surface area contributed by atoms with Crippen LogP contribution < -0.4 is 10.1 Å². The molecule has 0 bridgehead atoms. The Kier molecular flexibility index (Phi) is 2.75. The van der Waals surface area contributed by atoms with Crippen molar-refractivity contribution in [2.45, 2.75) is 0 Å². The highest BCUT2D eigenvalue weighted by molar-refractivity contribution is 5.90. The molecule has 0 spiro atoms. The van der Waals surface area contributed by atoms with Gasteiger partial charge in [0, 0.05) is 12.6 Å².